The van der Waals surface area contributed by atoms with Gasteiger partial charge in [0.05, 0.1) is 36.1 Å². The molecular weight excluding hydrogens is 487 g/mol. The van der Waals surface area contributed by atoms with Crippen molar-refractivity contribution in [3.8, 4) is 17.4 Å². The van der Waals surface area contributed by atoms with Crippen LogP contribution in [-0.2, 0) is 26.2 Å². The molecule has 1 aromatic carbocycles. The number of hydrogen-bond acceptors (Lipinski definition) is 6. The fourth-order valence-corrected chi connectivity index (χ4v) is 3.39. The van der Waals surface area contributed by atoms with Gasteiger partial charge in [0.1, 0.15) is 11.5 Å². The van der Waals surface area contributed by atoms with E-state index in [1.54, 1.807) is 42.3 Å². The van der Waals surface area contributed by atoms with Crippen molar-refractivity contribution in [1.82, 2.24) is 24.3 Å². The molecule has 4 rings (SSSR count). The van der Waals surface area contributed by atoms with Crippen LogP contribution in [0.1, 0.15) is 16.8 Å². The zero-order valence-electron chi connectivity index (χ0n) is 18.4. The number of halogens is 4. The van der Waals surface area contributed by atoms with E-state index in [0.29, 0.717) is 18.7 Å². The summed E-state index contributed by atoms with van der Waals surface area (Å²) >= 11 is 5.62. The van der Waals surface area contributed by atoms with Gasteiger partial charge in [0, 0.05) is 43.2 Å². The minimum Gasteiger partial charge on any atom is -0.477 e. The van der Waals surface area contributed by atoms with E-state index >= 15 is 0 Å². The second-order valence-corrected chi connectivity index (χ2v) is 7.93. The Hall–Kier alpha value is -3.86. The molecular formula is C23H19ClF3N5O3. The molecule has 0 amide bonds. The third-order valence-electron chi connectivity index (χ3n) is 4.84. The highest BCUT2D eigenvalue weighted by molar-refractivity contribution is 6.31. The van der Waals surface area contributed by atoms with Gasteiger partial charge in [-0.15, -0.1) is 0 Å². The van der Waals surface area contributed by atoms with E-state index in [1.807, 2.05) is 6.20 Å². The van der Waals surface area contributed by atoms with Gasteiger partial charge in [0.2, 0.25) is 5.88 Å². The van der Waals surface area contributed by atoms with Crippen molar-refractivity contribution in [3.05, 3.63) is 93.5 Å². The number of alkyl halides is 3. The zero-order valence-corrected chi connectivity index (χ0v) is 19.1. The Bertz CT molecular complexity index is 1370. The molecule has 0 fully saturated rings. The molecule has 0 unspecified atom stereocenters. The van der Waals surface area contributed by atoms with Gasteiger partial charge >= 0.3 is 11.9 Å². The minimum atomic E-state index is -4.58. The highest BCUT2D eigenvalue weighted by Crippen LogP contribution is 2.37. The third kappa shape index (κ3) is 6.38. The number of pyridine rings is 1. The van der Waals surface area contributed by atoms with E-state index in [1.165, 1.54) is 16.8 Å². The first-order chi connectivity index (χ1) is 16.7. The summed E-state index contributed by atoms with van der Waals surface area (Å²) in [5.41, 5.74) is 0.119. The Morgan fingerprint density at radius 2 is 1.89 bits per heavy atom. The van der Waals surface area contributed by atoms with E-state index in [-0.39, 0.29) is 24.0 Å². The van der Waals surface area contributed by atoms with Crippen molar-refractivity contribution in [2.45, 2.75) is 19.1 Å². The first-order valence-electron chi connectivity index (χ1n) is 10.3. The Morgan fingerprint density at radius 1 is 1.09 bits per heavy atom. The topological polar surface area (TPSA) is 84.1 Å². The molecule has 0 saturated heterocycles. The van der Waals surface area contributed by atoms with Gasteiger partial charge in [-0.1, -0.05) is 11.6 Å². The second kappa shape index (κ2) is 10.2. The number of aryl methyl sites for hydroxylation is 1. The molecule has 182 valence electrons. The maximum absolute atomic E-state index is 13.0. The van der Waals surface area contributed by atoms with Crippen molar-refractivity contribution >= 4 is 11.6 Å². The van der Waals surface area contributed by atoms with Crippen molar-refractivity contribution in [1.29, 1.82) is 0 Å². The van der Waals surface area contributed by atoms with Crippen LogP contribution in [0.4, 0.5) is 13.2 Å². The number of aromatic nitrogens is 5. The van der Waals surface area contributed by atoms with E-state index in [9.17, 15) is 18.0 Å². The van der Waals surface area contributed by atoms with Crippen LogP contribution in [0.3, 0.4) is 0 Å². The predicted molar refractivity (Wildman–Crippen MR) is 121 cm³/mol. The van der Waals surface area contributed by atoms with Crippen LogP contribution in [0, 0.1) is 0 Å². The summed E-state index contributed by atoms with van der Waals surface area (Å²) in [5.74, 6) is 0.452. The minimum absolute atomic E-state index is 0.0102. The summed E-state index contributed by atoms with van der Waals surface area (Å²) < 4.78 is 53.1. The zero-order chi connectivity index (χ0) is 25.0. The lowest BCUT2D eigenvalue weighted by atomic mass is 10.2. The highest BCUT2D eigenvalue weighted by Gasteiger charge is 2.33. The van der Waals surface area contributed by atoms with Crippen LogP contribution in [0.2, 0.25) is 5.02 Å². The Kier molecular flexibility index (Phi) is 7.06. The molecule has 0 atom stereocenters. The van der Waals surface area contributed by atoms with Gasteiger partial charge in [-0.2, -0.15) is 23.3 Å². The van der Waals surface area contributed by atoms with E-state index in [0.717, 1.165) is 17.7 Å². The summed E-state index contributed by atoms with van der Waals surface area (Å²) in [6.07, 6.45) is 2.32. The lowest BCUT2D eigenvalue weighted by Gasteiger charge is -2.12. The molecule has 12 heteroatoms. The van der Waals surface area contributed by atoms with Gasteiger partial charge in [-0.05, 0) is 30.3 Å². The van der Waals surface area contributed by atoms with Crippen molar-refractivity contribution < 1.29 is 22.6 Å². The fraction of sp³-hybridized carbons (Fsp3) is 0.217. The number of hydrogen-bond donors (Lipinski definition) is 0. The molecule has 0 aliphatic carbocycles. The quantitative estimate of drug-likeness (QED) is 0.350. The molecule has 3 heterocycles. The van der Waals surface area contributed by atoms with Crippen LogP contribution < -0.4 is 15.2 Å². The lowest BCUT2D eigenvalue weighted by Crippen LogP contribution is -2.23. The largest absolute Gasteiger partial charge is 0.477 e. The van der Waals surface area contributed by atoms with E-state index in [2.05, 4.69) is 15.1 Å². The van der Waals surface area contributed by atoms with Gasteiger partial charge < -0.3 is 9.47 Å². The van der Waals surface area contributed by atoms with E-state index in [4.69, 9.17) is 21.1 Å². The summed E-state index contributed by atoms with van der Waals surface area (Å²) in [6, 6.07) is 8.16. The maximum atomic E-state index is 13.0. The maximum Gasteiger partial charge on any atom is 0.417 e. The molecule has 0 saturated carbocycles. The first kappa shape index (κ1) is 24.3. The standard InChI is InChI=1S/C23H19ClF3N5O3/c1-31-13-15(11-29-31)14-32-8-6-21(30-22(32)33)34-9-7-16-2-3-18(12-28-16)35-17-4-5-20(24)19(10-17)23(25,26)27/h2-6,8,10-13H,7,9,14H2,1H3. The Morgan fingerprint density at radius 3 is 2.54 bits per heavy atom. The Labute approximate surface area is 202 Å². The van der Waals surface area contributed by atoms with E-state index < -0.39 is 22.5 Å². The SMILES string of the molecule is Cn1cc(Cn2ccc(OCCc3ccc(Oc4ccc(Cl)c(C(F)(F)F)c4)cn3)nc2=O)cn1. The van der Waals surface area contributed by atoms with Gasteiger partial charge in [-0.25, -0.2) is 4.79 Å². The monoisotopic (exact) mass is 505 g/mol. The molecule has 0 aliphatic rings. The van der Waals surface area contributed by atoms with Crippen molar-refractivity contribution in [2.75, 3.05) is 6.61 Å². The van der Waals surface area contributed by atoms with Crippen molar-refractivity contribution in [2.24, 2.45) is 7.05 Å². The molecule has 0 bridgehead atoms. The van der Waals surface area contributed by atoms with Crippen LogP contribution in [0.15, 0.2) is 66.0 Å². The first-order valence-corrected chi connectivity index (χ1v) is 10.7. The molecule has 0 radical (unpaired) electrons. The fourth-order valence-electron chi connectivity index (χ4n) is 3.16. The molecule has 3 aromatic heterocycles. The summed E-state index contributed by atoms with van der Waals surface area (Å²) in [6.45, 7) is 0.574. The molecule has 0 aliphatic heterocycles. The van der Waals surface area contributed by atoms with Crippen LogP contribution in [0.5, 0.6) is 17.4 Å². The predicted octanol–water partition coefficient (Wildman–Crippen LogP) is 4.51. The van der Waals surface area contributed by atoms with Crippen LogP contribution in [-0.4, -0.2) is 30.9 Å². The summed E-state index contributed by atoms with van der Waals surface area (Å²) in [4.78, 5) is 20.4. The molecule has 4 aromatic rings. The number of benzene rings is 1. The number of rotatable bonds is 8. The number of ether oxygens (including phenoxy) is 2. The van der Waals surface area contributed by atoms with Crippen LogP contribution >= 0.6 is 11.6 Å². The smallest absolute Gasteiger partial charge is 0.417 e. The summed E-state index contributed by atoms with van der Waals surface area (Å²) in [7, 11) is 1.80. The second-order valence-electron chi connectivity index (χ2n) is 7.52. The van der Waals surface area contributed by atoms with Crippen molar-refractivity contribution in [3.63, 3.8) is 0 Å². The van der Waals surface area contributed by atoms with Gasteiger partial charge in [0.15, 0.2) is 0 Å². The summed E-state index contributed by atoms with van der Waals surface area (Å²) in [5, 5.41) is 3.66. The third-order valence-corrected chi connectivity index (χ3v) is 5.17. The van der Waals surface area contributed by atoms with Gasteiger partial charge in [0.25, 0.3) is 0 Å². The molecule has 0 N–H and O–H groups in total. The Balaban J connectivity index is 1.30. The normalized spacial score (nSPS) is 11.5. The lowest BCUT2D eigenvalue weighted by molar-refractivity contribution is -0.137. The average molecular weight is 506 g/mol. The molecule has 8 nitrogen and oxygen atoms in total. The van der Waals surface area contributed by atoms with Gasteiger partial charge in [-0.3, -0.25) is 14.2 Å². The molecule has 0 spiro atoms. The highest BCUT2D eigenvalue weighted by atomic mass is 35.5. The molecule has 35 heavy (non-hydrogen) atoms. The van der Waals surface area contributed by atoms with Crippen LogP contribution in [0.25, 0.3) is 0 Å². The average Bonchev–Trinajstić information content (AvgIpc) is 3.22. The number of nitrogens with zero attached hydrogens (tertiary/aromatic N) is 5.